The van der Waals surface area contributed by atoms with Gasteiger partial charge >= 0.3 is 12.1 Å². The van der Waals surface area contributed by atoms with Crippen molar-refractivity contribution < 1.29 is 19.4 Å². The normalized spacial score (nSPS) is 9.47. The topological polar surface area (TPSA) is 79.7 Å². The summed E-state index contributed by atoms with van der Waals surface area (Å²) in [6.45, 7) is 7.07. The van der Waals surface area contributed by atoms with E-state index in [4.69, 9.17) is 9.84 Å². The average molecular weight is 262 g/mol. The lowest BCUT2D eigenvalue weighted by Crippen LogP contribution is -2.33. The van der Waals surface area contributed by atoms with Crippen molar-refractivity contribution in [3.8, 4) is 0 Å². The molecule has 0 saturated heterocycles. The Morgan fingerprint density at radius 2 is 2.16 bits per heavy atom. The Bertz CT molecular complexity index is 499. The quantitative estimate of drug-likeness (QED) is 0.794. The lowest BCUT2D eigenvalue weighted by Gasteiger charge is -2.20. The maximum atomic E-state index is 11.8. The minimum Gasteiger partial charge on any atom is -0.478 e. The SMILES string of the molecule is C=CCOC(=O)N(CC=C)c1ncccc1C(=O)O. The Morgan fingerprint density at radius 1 is 1.42 bits per heavy atom. The van der Waals surface area contributed by atoms with E-state index in [9.17, 15) is 9.59 Å². The van der Waals surface area contributed by atoms with E-state index >= 15 is 0 Å². The van der Waals surface area contributed by atoms with Crippen LogP contribution in [0.2, 0.25) is 0 Å². The smallest absolute Gasteiger partial charge is 0.416 e. The standard InChI is InChI=1S/C13H14N2O4/c1-3-8-15(13(18)19-9-4-2)11-10(12(16)17)6-5-7-14-11/h3-7H,1-2,8-9H2,(H,16,17). The van der Waals surface area contributed by atoms with Crippen LogP contribution < -0.4 is 4.90 Å². The number of pyridine rings is 1. The third-order valence-corrected chi connectivity index (χ3v) is 2.13. The summed E-state index contributed by atoms with van der Waals surface area (Å²) in [5.74, 6) is -1.15. The number of carbonyl (C=O) groups excluding carboxylic acids is 1. The summed E-state index contributed by atoms with van der Waals surface area (Å²) in [4.78, 5) is 28.0. The van der Waals surface area contributed by atoms with E-state index in [1.165, 1.54) is 30.5 Å². The molecule has 100 valence electrons. The van der Waals surface area contributed by atoms with Gasteiger partial charge in [0.2, 0.25) is 0 Å². The van der Waals surface area contributed by atoms with E-state index < -0.39 is 12.1 Å². The number of carbonyl (C=O) groups is 2. The first kappa shape index (κ1) is 14.4. The monoisotopic (exact) mass is 262 g/mol. The molecule has 0 aliphatic rings. The van der Waals surface area contributed by atoms with Crippen molar-refractivity contribution >= 4 is 17.9 Å². The summed E-state index contributed by atoms with van der Waals surface area (Å²) in [5.41, 5.74) is -0.0834. The molecule has 0 spiro atoms. The Hall–Kier alpha value is -2.63. The van der Waals surface area contributed by atoms with Crippen LogP contribution in [0.3, 0.4) is 0 Å². The molecule has 0 fully saturated rings. The fourth-order valence-corrected chi connectivity index (χ4v) is 1.36. The molecule has 0 aliphatic carbocycles. The van der Waals surface area contributed by atoms with E-state index in [1.54, 1.807) is 0 Å². The molecule has 0 unspecified atom stereocenters. The molecule has 6 heteroatoms. The number of nitrogens with zero attached hydrogens (tertiary/aromatic N) is 2. The van der Waals surface area contributed by atoms with E-state index in [-0.39, 0.29) is 24.5 Å². The molecule has 0 bridgehead atoms. The van der Waals surface area contributed by atoms with Crippen LogP contribution in [0.5, 0.6) is 0 Å². The number of rotatable bonds is 6. The molecule has 0 aromatic carbocycles. The summed E-state index contributed by atoms with van der Waals surface area (Å²) in [6.07, 6.45) is 3.57. The fourth-order valence-electron chi connectivity index (χ4n) is 1.36. The second kappa shape index (κ2) is 6.95. The van der Waals surface area contributed by atoms with Crippen LogP contribution in [0.4, 0.5) is 10.6 Å². The number of aromatic carboxylic acids is 1. The molecular weight excluding hydrogens is 248 g/mol. The zero-order valence-corrected chi connectivity index (χ0v) is 10.3. The molecule has 1 N–H and O–H groups in total. The van der Waals surface area contributed by atoms with Crippen molar-refractivity contribution in [3.05, 3.63) is 49.2 Å². The first-order valence-electron chi connectivity index (χ1n) is 5.46. The van der Waals surface area contributed by atoms with Crippen LogP contribution in [-0.2, 0) is 4.74 Å². The molecule has 1 aromatic rings. The maximum Gasteiger partial charge on any atom is 0.416 e. The Morgan fingerprint density at radius 3 is 2.74 bits per heavy atom. The van der Waals surface area contributed by atoms with Crippen LogP contribution >= 0.6 is 0 Å². The summed E-state index contributed by atoms with van der Waals surface area (Å²) in [6, 6.07) is 2.84. The molecule has 1 amide bonds. The van der Waals surface area contributed by atoms with Crippen LogP contribution in [-0.4, -0.2) is 35.3 Å². The zero-order valence-electron chi connectivity index (χ0n) is 10.3. The van der Waals surface area contributed by atoms with Crippen molar-refractivity contribution in [2.75, 3.05) is 18.1 Å². The first-order chi connectivity index (χ1) is 9.11. The molecule has 1 aromatic heterocycles. The number of hydrogen-bond acceptors (Lipinski definition) is 4. The van der Waals surface area contributed by atoms with Crippen LogP contribution in [0.25, 0.3) is 0 Å². The first-order valence-corrected chi connectivity index (χ1v) is 5.46. The number of aromatic nitrogens is 1. The van der Waals surface area contributed by atoms with E-state index in [0.717, 1.165) is 4.90 Å². The highest BCUT2D eigenvalue weighted by Crippen LogP contribution is 2.18. The largest absolute Gasteiger partial charge is 0.478 e. The molecular formula is C13H14N2O4. The Balaban J connectivity index is 3.11. The van der Waals surface area contributed by atoms with Gasteiger partial charge in [-0.25, -0.2) is 14.6 Å². The van der Waals surface area contributed by atoms with Crippen molar-refractivity contribution in [1.29, 1.82) is 0 Å². The van der Waals surface area contributed by atoms with Gasteiger partial charge in [-0.05, 0) is 12.1 Å². The summed E-state index contributed by atoms with van der Waals surface area (Å²) in [5, 5.41) is 9.08. The van der Waals surface area contributed by atoms with Gasteiger partial charge < -0.3 is 9.84 Å². The Labute approximate surface area is 110 Å². The van der Waals surface area contributed by atoms with Crippen molar-refractivity contribution in [2.45, 2.75) is 0 Å². The minimum atomic E-state index is -1.17. The van der Waals surface area contributed by atoms with Gasteiger partial charge in [-0.1, -0.05) is 18.7 Å². The molecule has 19 heavy (non-hydrogen) atoms. The van der Waals surface area contributed by atoms with Crippen LogP contribution in [0.1, 0.15) is 10.4 Å². The van der Waals surface area contributed by atoms with Gasteiger partial charge in [-0.2, -0.15) is 0 Å². The lowest BCUT2D eigenvalue weighted by atomic mass is 10.2. The van der Waals surface area contributed by atoms with Gasteiger partial charge in [0, 0.05) is 12.7 Å². The highest BCUT2D eigenvalue weighted by Gasteiger charge is 2.22. The van der Waals surface area contributed by atoms with Gasteiger partial charge in [-0.3, -0.25) is 4.90 Å². The molecule has 0 atom stereocenters. The second-order valence-corrected chi connectivity index (χ2v) is 3.44. The van der Waals surface area contributed by atoms with Crippen LogP contribution in [0.15, 0.2) is 43.6 Å². The van der Waals surface area contributed by atoms with Gasteiger partial charge in [0.1, 0.15) is 12.2 Å². The molecule has 0 saturated carbocycles. The summed E-state index contributed by atoms with van der Waals surface area (Å²) < 4.78 is 4.88. The third kappa shape index (κ3) is 3.67. The van der Waals surface area contributed by atoms with Gasteiger partial charge in [0.25, 0.3) is 0 Å². The van der Waals surface area contributed by atoms with Crippen LogP contribution in [0, 0.1) is 0 Å². The lowest BCUT2D eigenvalue weighted by molar-refractivity contribution is 0.0697. The highest BCUT2D eigenvalue weighted by atomic mass is 16.6. The van der Waals surface area contributed by atoms with Crippen molar-refractivity contribution in [1.82, 2.24) is 4.98 Å². The fraction of sp³-hybridized carbons (Fsp3) is 0.154. The number of amides is 1. The molecule has 6 nitrogen and oxygen atoms in total. The third-order valence-electron chi connectivity index (χ3n) is 2.13. The van der Waals surface area contributed by atoms with E-state index in [1.807, 2.05) is 0 Å². The number of hydrogen-bond donors (Lipinski definition) is 1. The average Bonchev–Trinajstić information content (AvgIpc) is 2.42. The Kier molecular flexibility index (Phi) is 5.28. The number of carboxylic acid groups (broad SMARTS) is 1. The number of anilines is 1. The van der Waals surface area contributed by atoms with Gasteiger partial charge in [0.05, 0.1) is 0 Å². The molecule has 0 aliphatic heterocycles. The maximum absolute atomic E-state index is 11.8. The predicted octanol–water partition coefficient (Wildman–Crippen LogP) is 2.09. The minimum absolute atomic E-state index is 0.0176. The predicted molar refractivity (Wildman–Crippen MR) is 70.3 cm³/mol. The summed E-state index contributed by atoms with van der Waals surface area (Å²) in [7, 11) is 0. The van der Waals surface area contributed by atoms with Crippen molar-refractivity contribution in [2.24, 2.45) is 0 Å². The van der Waals surface area contributed by atoms with E-state index in [0.29, 0.717) is 0 Å². The summed E-state index contributed by atoms with van der Waals surface area (Å²) >= 11 is 0. The zero-order chi connectivity index (χ0) is 14.3. The molecule has 0 radical (unpaired) electrons. The van der Waals surface area contributed by atoms with E-state index in [2.05, 4.69) is 18.1 Å². The molecule has 1 rings (SSSR count). The second-order valence-electron chi connectivity index (χ2n) is 3.44. The van der Waals surface area contributed by atoms with Gasteiger partial charge in [-0.15, -0.1) is 6.58 Å². The highest BCUT2D eigenvalue weighted by molar-refractivity contribution is 5.98. The number of carboxylic acids is 1. The number of ether oxygens (including phenoxy) is 1. The molecule has 1 heterocycles. The van der Waals surface area contributed by atoms with Gasteiger partial charge in [0.15, 0.2) is 5.82 Å². The van der Waals surface area contributed by atoms with Crippen molar-refractivity contribution in [3.63, 3.8) is 0 Å².